The number of fused-ring (bicyclic) bond motifs is 1. The fraction of sp³-hybridized carbons (Fsp3) is 0.250. The van der Waals surface area contributed by atoms with Gasteiger partial charge >= 0.3 is 0 Å². The van der Waals surface area contributed by atoms with Crippen LogP contribution in [0.1, 0.15) is 11.1 Å². The molecular formula is C16H18N2O2S. The molecule has 5 heteroatoms. The summed E-state index contributed by atoms with van der Waals surface area (Å²) in [6, 6.07) is 13.1. The van der Waals surface area contributed by atoms with Crippen LogP contribution in [0.15, 0.2) is 47.4 Å². The molecule has 0 radical (unpaired) electrons. The molecule has 21 heavy (non-hydrogen) atoms. The quantitative estimate of drug-likeness (QED) is 0.864. The summed E-state index contributed by atoms with van der Waals surface area (Å²) >= 11 is 0. The van der Waals surface area contributed by atoms with Crippen LogP contribution in [0.3, 0.4) is 0 Å². The lowest BCUT2D eigenvalue weighted by Gasteiger charge is -2.32. The summed E-state index contributed by atoms with van der Waals surface area (Å²) in [5.41, 5.74) is 9.95. The molecule has 1 aliphatic rings. The number of benzene rings is 2. The molecule has 0 aromatic heterocycles. The summed E-state index contributed by atoms with van der Waals surface area (Å²) < 4.78 is 23.9. The van der Waals surface area contributed by atoms with E-state index in [-0.39, 0.29) is 0 Å². The number of sulfone groups is 1. The molecule has 4 nitrogen and oxygen atoms in total. The average Bonchev–Trinajstić information content (AvgIpc) is 2.46. The smallest absolute Gasteiger partial charge is 0.177 e. The molecule has 0 bridgehead atoms. The lowest BCUT2D eigenvalue weighted by Crippen LogP contribution is -2.32. The SMILES string of the molecule is CS(=O)(=O)c1ccccc1N1CCc2cccc(N)c2C1. The van der Waals surface area contributed by atoms with Crippen LogP contribution in [0.2, 0.25) is 0 Å². The topological polar surface area (TPSA) is 63.4 Å². The van der Waals surface area contributed by atoms with Gasteiger partial charge in [0.05, 0.1) is 10.6 Å². The summed E-state index contributed by atoms with van der Waals surface area (Å²) in [7, 11) is -3.24. The molecule has 2 N–H and O–H groups in total. The zero-order valence-corrected chi connectivity index (χ0v) is 12.7. The van der Waals surface area contributed by atoms with Gasteiger partial charge in [-0.25, -0.2) is 8.42 Å². The minimum absolute atomic E-state index is 0.378. The van der Waals surface area contributed by atoms with E-state index in [4.69, 9.17) is 5.73 Å². The number of hydrogen-bond acceptors (Lipinski definition) is 4. The van der Waals surface area contributed by atoms with Gasteiger partial charge < -0.3 is 10.6 Å². The van der Waals surface area contributed by atoms with Gasteiger partial charge in [0.15, 0.2) is 9.84 Å². The molecule has 0 saturated carbocycles. The van der Waals surface area contributed by atoms with E-state index >= 15 is 0 Å². The van der Waals surface area contributed by atoms with E-state index in [9.17, 15) is 8.42 Å². The van der Waals surface area contributed by atoms with Crippen LogP contribution < -0.4 is 10.6 Å². The van der Waals surface area contributed by atoms with Gasteiger partial charge in [-0.1, -0.05) is 24.3 Å². The Morgan fingerprint density at radius 2 is 1.86 bits per heavy atom. The lowest BCUT2D eigenvalue weighted by molar-refractivity contribution is 0.601. The molecule has 0 fully saturated rings. The maximum absolute atomic E-state index is 12.0. The van der Waals surface area contributed by atoms with Gasteiger partial charge in [-0.05, 0) is 35.7 Å². The number of rotatable bonds is 2. The summed E-state index contributed by atoms with van der Waals surface area (Å²) in [4.78, 5) is 2.47. The number of anilines is 2. The normalized spacial score (nSPS) is 14.8. The Hall–Kier alpha value is -2.01. The van der Waals surface area contributed by atoms with Gasteiger partial charge in [0, 0.05) is 25.0 Å². The van der Waals surface area contributed by atoms with Crippen molar-refractivity contribution in [2.45, 2.75) is 17.9 Å². The predicted octanol–water partition coefficient (Wildman–Crippen LogP) is 2.24. The number of nitrogens with two attached hydrogens (primary N) is 1. The van der Waals surface area contributed by atoms with Gasteiger partial charge in [0.1, 0.15) is 0 Å². The van der Waals surface area contributed by atoms with E-state index in [0.717, 1.165) is 29.9 Å². The third kappa shape index (κ3) is 2.61. The molecule has 1 heterocycles. The number of para-hydroxylation sites is 1. The Labute approximate surface area is 125 Å². The molecule has 0 spiro atoms. The van der Waals surface area contributed by atoms with Crippen molar-refractivity contribution < 1.29 is 8.42 Å². The van der Waals surface area contributed by atoms with Crippen LogP contribution in [0, 0.1) is 0 Å². The second-order valence-electron chi connectivity index (χ2n) is 5.40. The van der Waals surface area contributed by atoms with E-state index in [1.807, 2.05) is 24.3 Å². The van der Waals surface area contributed by atoms with E-state index < -0.39 is 9.84 Å². The molecule has 2 aromatic rings. The van der Waals surface area contributed by atoms with Gasteiger partial charge in [0.2, 0.25) is 0 Å². The van der Waals surface area contributed by atoms with Crippen molar-refractivity contribution in [3.8, 4) is 0 Å². The van der Waals surface area contributed by atoms with E-state index in [2.05, 4.69) is 11.0 Å². The van der Waals surface area contributed by atoms with Crippen LogP contribution in [0.25, 0.3) is 0 Å². The van der Waals surface area contributed by atoms with E-state index in [1.54, 1.807) is 12.1 Å². The summed E-state index contributed by atoms with van der Waals surface area (Å²) in [5, 5.41) is 0. The van der Waals surface area contributed by atoms with E-state index in [1.165, 1.54) is 11.8 Å². The third-order valence-corrected chi connectivity index (χ3v) is 5.06. The largest absolute Gasteiger partial charge is 0.398 e. The summed E-state index contributed by atoms with van der Waals surface area (Å²) in [6.07, 6.45) is 2.12. The summed E-state index contributed by atoms with van der Waals surface area (Å²) in [5.74, 6) is 0. The minimum atomic E-state index is -3.24. The fourth-order valence-corrected chi connectivity index (χ4v) is 3.75. The molecule has 0 amide bonds. The Morgan fingerprint density at radius 3 is 2.62 bits per heavy atom. The lowest BCUT2D eigenvalue weighted by atomic mass is 9.98. The molecule has 110 valence electrons. The first-order chi connectivity index (χ1) is 9.97. The number of nitrogen functional groups attached to an aromatic ring is 1. The Morgan fingerprint density at radius 1 is 1.10 bits per heavy atom. The van der Waals surface area contributed by atoms with Gasteiger partial charge in [0.25, 0.3) is 0 Å². The highest BCUT2D eigenvalue weighted by molar-refractivity contribution is 7.90. The second-order valence-corrected chi connectivity index (χ2v) is 7.38. The molecule has 1 aliphatic heterocycles. The Kier molecular flexibility index (Phi) is 3.37. The molecule has 0 unspecified atom stereocenters. The monoisotopic (exact) mass is 302 g/mol. The van der Waals surface area contributed by atoms with Crippen molar-refractivity contribution in [3.05, 3.63) is 53.6 Å². The third-order valence-electron chi connectivity index (χ3n) is 3.91. The van der Waals surface area contributed by atoms with Crippen molar-refractivity contribution in [1.82, 2.24) is 0 Å². The minimum Gasteiger partial charge on any atom is -0.398 e. The fourth-order valence-electron chi connectivity index (χ4n) is 2.84. The van der Waals surface area contributed by atoms with E-state index in [0.29, 0.717) is 11.4 Å². The molecule has 0 saturated heterocycles. The van der Waals surface area contributed by atoms with Crippen LogP contribution in [0.4, 0.5) is 11.4 Å². The van der Waals surface area contributed by atoms with Crippen LogP contribution >= 0.6 is 0 Å². The zero-order valence-electron chi connectivity index (χ0n) is 11.9. The highest BCUT2D eigenvalue weighted by Gasteiger charge is 2.22. The molecule has 0 atom stereocenters. The van der Waals surface area contributed by atoms with Gasteiger partial charge in [-0.3, -0.25) is 0 Å². The zero-order chi connectivity index (χ0) is 15.0. The second kappa shape index (κ2) is 5.07. The Balaban J connectivity index is 2.03. The first-order valence-electron chi connectivity index (χ1n) is 6.87. The first-order valence-corrected chi connectivity index (χ1v) is 8.76. The van der Waals surface area contributed by atoms with Crippen LogP contribution in [-0.4, -0.2) is 21.2 Å². The predicted molar refractivity (Wildman–Crippen MR) is 85.2 cm³/mol. The molecule has 3 rings (SSSR count). The summed E-state index contributed by atoms with van der Waals surface area (Å²) in [6.45, 7) is 1.44. The molecular weight excluding hydrogens is 284 g/mol. The van der Waals surface area contributed by atoms with Crippen molar-refractivity contribution in [2.75, 3.05) is 23.4 Å². The van der Waals surface area contributed by atoms with Crippen molar-refractivity contribution in [3.63, 3.8) is 0 Å². The average molecular weight is 302 g/mol. The highest BCUT2D eigenvalue weighted by atomic mass is 32.2. The van der Waals surface area contributed by atoms with Crippen molar-refractivity contribution in [2.24, 2.45) is 0 Å². The van der Waals surface area contributed by atoms with Crippen LogP contribution in [0.5, 0.6) is 0 Å². The highest BCUT2D eigenvalue weighted by Crippen LogP contribution is 2.31. The number of nitrogens with zero attached hydrogens (tertiary/aromatic N) is 1. The maximum atomic E-state index is 12.0. The van der Waals surface area contributed by atoms with Crippen molar-refractivity contribution >= 4 is 21.2 Å². The van der Waals surface area contributed by atoms with Gasteiger partial charge in [-0.15, -0.1) is 0 Å². The Bertz CT molecular complexity index is 785. The molecule has 0 aliphatic carbocycles. The van der Waals surface area contributed by atoms with Gasteiger partial charge in [-0.2, -0.15) is 0 Å². The standard InChI is InChI=1S/C16H18N2O2S/c1-21(19,20)16-8-3-2-7-15(16)18-10-9-12-5-4-6-14(17)13(12)11-18/h2-8H,9-11,17H2,1H3. The first kappa shape index (κ1) is 13.9. The maximum Gasteiger partial charge on any atom is 0.177 e. The molecule has 2 aromatic carbocycles. The van der Waals surface area contributed by atoms with Crippen LogP contribution in [-0.2, 0) is 22.8 Å². The number of hydrogen-bond donors (Lipinski definition) is 1. The van der Waals surface area contributed by atoms with Crippen molar-refractivity contribution in [1.29, 1.82) is 0 Å².